The van der Waals surface area contributed by atoms with E-state index in [9.17, 15) is 10.1 Å². The van der Waals surface area contributed by atoms with Gasteiger partial charge in [-0.25, -0.2) is 4.98 Å². The highest BCUT2D eigenvalue weighted by Gasteiger charge is 2.41. The highest BCUT2D eigenvalue weighted by Crippen LogP contribution is 2.43. The van der Waals surface area contributed by atoms with Crippen LogP contribution in [0.3, 0.4) is 0 Å². The van der Waals surface area contributed by atoms with Crippen molar-refractivity contribution in [3.63, 3.8) is 0 Å². The largest absolute Gasteiger partial charge is 0.482 e. The van der Waals surface area contributed by atoms with Gasteiger partial charge >= 0.3 is 0 Å². The standard InChI is InChI=1S/C26H26N6O2/c1-14-6-7-20-18(8-14)15(2)34-22-9-16(13-29-24(22)28)23-19(30-31(5)21(23)12-27)10-17-11-26(3,4)25(33)32(17)20/h6-9,11,13,15H,10H2,1-5H3,(H2,28,29)/t15-/m1/s1. The van der Waals surface area contributed by atoms with Crippen LogP contribution in [0.1, 0.15) is 49.4 Å². The van der Waals surface area contributed by atoms with Gasteiger partial charge in [0, 0.05) is 42.1 Å². The Morgan fingerprint density at radius 2 is 2.06 bits per heavy atom. The molecule has 0 aliphatic carbocycles. The first kappa shape index (κ1) is 21.7. The van der Waals surface area contributed by atoms with Crippen molar-refractivity contribution in [3.8, 4) is 22.9 Å². The second kappa shape index (κ2) is 7.45. The molecule has 0 saturated heterocycles. The second-order valence-electron chi connectivity index (χ2n) is 9.51. The SMILES string of the molecule is Cc1ccc2c(c1)[C@@H](C)Oc1cc(cnc1N)-c1c(nn(C)c1C#N)CC1=CC(C)(C)C(=O)N12. The molecule has 0 spiro atoms. The number of hydrogen-bond acceptors (Lipinski definition) is 6. The number of ether oxygens (including phenoxy) is 1. The number of nitrogens with zero attached hydrogens (tertiary/aromatic N) is 5. The minimum atomic E-state index is -0.682. The van der Waals surface area contributed by atoms with Crippen LogP contribution >= 0.6 is 0 Å². The summed E-state index contributed by atoms with van der Waals surface area (Å²) in [6, 6.07) is 10.1. The molecular formula is C26H26N6O2. The molecule has 3 aromatic rings. The normalized spacial score (nSPS) is 18.5. The summed E-state index contributed by atoms with van der Waals surface area (Å²) in [5, 5.41) is 14.5. The molecule has 2 N–H and O–H groups in total. The smallest absolute Gasteiger partial charge is 0.240 e. The van der Waals surface area contributed by atoms with E-state index in [1.165, 1.54) is 0 Å². The Labute approximate surface area is 198 Å². The molecule has 8 heteroatoms. The summed E-state index contributed by atoms with van der Waals surface area (Å²) in [6.45, 7) is 7.76. The molecule has 0 saturated carbocycles. The van der Waals surface area contributed by atoms with Crippen LogP contribution in [0.2, 0.25) is 0 Å². The average molecular weight is 455 g/mol. The monoisotopic (exact) mass is 454 g/mol. The third-order valence-electron chi connectivity index (χ3n) is 6.48. The summed E-state index contributed by atoms with van der Waals surface area (Å²) >= 11 is 0. The Morgan fingerprint density at radius 1 is 1.29 bits per heavy atom. The Balaban J connectivity index is 1.82. The van der Waals surface area contributed by atoms with Crippen molar-refractivity contribution in [2.45, 2.75) is 40.2 Å². The van der Waals surface area contributed by atoms with Gasteiger partial charge in [0.1, 0.15) is 17.9 Å². The predicted octanol–water partition coefficient (Wildman–Crippen LogP) is 4.20. The number of carbonyl (C=O) groups is 1. The van der Waals surface area contributed by atoms with Crippen LogP contribution in [-0.2, 0) is 18.3 Å². The number of carbonyl (C=O) groups excluding carboxylic acids is 1. The fourth-order valence-corrected chi connectivity index (χ4v) is 4.81. The maximum absolute atomic E-state index is 13.6. The van der Waals surface area contributed by atoms with Crippen LogP contribution in [-0.4, -0.2) is 20.7 Å². The Morgan fingerprint density at radius 3 is 2.79 bits per heavy atom. The quantitative estimate of drug-likeness (QED) is 0.545. The van der Waals surface area contributed by atoms with E-state index in [2.05, 4.69) is 16.2 Å². The number of amides is 1. The third kappa shape index (κ3) is 3.24. The molecule has 0 radical (unpaired) electrons. The lowest BCUT2D eigenvalue weighted by molar-refractivity contribution is -0.123. The first-order chi connectivity index (χ1) is 16.1. The van der Waals surface area contributed by atoms with Gasteiger partial charge in [-0.3, -0.25) is 14.4 Å². The number of allylic oxidation sites excluding steroid dienone is 1. The molecule has 4 heterocycles. The molecule has 5 rings (SSSR count). The zero-order chi connectivity index (χ0) is 24.4. The van der Waals surface area contributed by atoms with Gasteiger partial charge in [-0.05, 0) is 45.9 Å². The number of aryl methyl sites for hydroxylation is 2. The van der Waals surface area contributed by atoms with Gasteiger partial charge in [0.15, 0.2) is 11.6 Å². The summed E-state index contributed by atoms with van der Waals surface area (Å²) < 4.78 is 7.88. The zero-order valence-electron chi connectivity index (χ0n) is 19.9. The molecule has 1 amide bonds. The van der Waals surface area contributed by atoms with Crippen molar-refractivity contribution in [2.75, 3.05) is 10.6 Å². The first-order valence-electron chi connectivity index (χ1n) is 11.2. The van der Waals surface area contributed by atoms with Crippen molar-refractivity contribution in [1.29, 1.82) is 5.26 Å². The number of pyridine rings is 1. The van der Waals surface area contributed by atoms with E-state index in [4.69, 9.17) is 10.5 Å². The first-order valence-corrected chi connectivity index (χ1v) is 11.2. The molecule has 8 nitrogen and oxygen atoms in total. The maximum atomic E-state index is 13.6. The van der Waals surface area contributed by atoms with Crippen molar-refractivity contribution in [2.24, 2.45) is 12.5 Å². The molecular weight excluding hydrogens is 428 g/mol. The van der Waals surface area contributed by atoms with Gasteiger partial charge < -0.3 is 10.5 Å². The van der Waals surface area contributed by atoms with Gasteiger partial charge in [0.05, 0.1) is 16.8 Å². The predicted molar refractivity (Wildman–Crippen MR) is 129 cm³/mol. The molecule has 172 valence electrons. The summed E-state index contributed by atoms with van der Waals surface area (Å²) in [5.41, 5.74) is 11.5. The number of nitriles is 1. The molecule has 1 aromatic carbocycles. The number of anilines is 2. The lowest BCUT2D eigenvalue weighted by Crippen LogP contribution is -2.34. The second-order valence-corrected chi connectivity index (χ2v) is 9.51. The molecule has 2 bridgehead atoms. The third-order valence-corrected chi connectivity index (χ3v) is 6.48. The van der Waals surface area contributed by atoms with E-state index in [0.717, 1.165) is 22.5 Å². The molecule has 0 unspecified atom stereocenters. The van der Waals surface area contributed by atoms with E-state index in [1.807, 2.05) is 58.0 Å². The van der Waals surface area contributed by atoms with Gasteiger partial charge in [-0.2, -0.15) is 10.4 Å². The van der Waals surface area contributed by atoms with E-state index in [0.29, 0.717) is 34.7 Å². The topological polar surface area (TPSA) is 110 Å². The number of hydrogen-bond donors (Lipinski definition) is 1. The molecule has 2 aliphatic rings. The number of fused-ring (bicyclic) bond motifs is 7. The highest BCUT2D eigenvalue weighted by molar-refractivity contribution is 6.05. The number of nitrogen functional groups attached to an aromatic ring is 1. The fourth-order valence-electron chi connectivity index (χ4n) is 4.81. The summed E-state index contributed by atoms with van der Waals surface area (Å²) in [4.78, 5) is 19.7. The van der Waals surface area contributed by atoms with Gasteiger partial charge in [0.25, 0.3) is 0 Å². The summed E-state index contributed by atoms with van der Waals surface area (Å²) in [5.74, 6) is 0.653. The van der Waals surface area contributed by atoms with Crippen molar-refractivity contribution in [3.05, 3.63) is 64.8 Å². The van der Waals surface area contributed by atoms with E-state index in [-0.39, 0.29) is 11.7 Å². The Hall–Kier alpha value is -4.12. The zero-order valence-corrected chi connectivity index (χ0v) is 19.9. The molecule has 2 aromatic heterocycles. The van der Waals surface area contributed by atoms with E-state index >= 15 is 0 Å². The molecule has 34 heavy (non-hydrogen) atoms. The van der Waals surface area contributed by atoms with Gasteiger partial charge in [-0.1, -0.05) is 17.7 Å². The molecule has 2 aliphatic heterocycles. The number of rotatable bonds is 0. The average Bonchev–Trinajstić information content (AvgIpc) is 3.20. The van der Waals surface area contributed by atoms with Gasteiger partial charge in [0.2, 0.25) is 5.91 Å². The Kier molecular flexibility index (Phi) is 4.76. The molecule has 0 fully saturated rings. The van der Waals surface area contributed by atoms with Crippen LogP contribution in [0, 0.1) is 23.7 Å². The number of nitrogens with two attached hydrogens (primary N) is 1. The van der Waals surface area contributed by atoms with Crippen LogP contribution < -0.4 is 15.4 Å². The lowest BCUT2D eigenvalue weighted by Gasteiger charge is -2.29. The van der Waals surface area contributed by atoms with Crippen molar-refractivity contribution in [1.82, 2.24) is 14.8 Å². The summed E-state index contributed by atoms with van der Waals surface area (Å²) in [6.07, 6.45) is 3.60. The van der Waals surface area contributed by atoms with Crippen molar-refractivity contribution < 1.29 is 9.53 Å². The van der Waals surface area contributed by atoms with Crippen LogP contribution in [0.5, 0.6) is 5.75 Å². The summed E-state index contributed by atoms with van der Waals surface area (Å²) in [7, 11) is 1.74. The lowest BCUT2D eigenvalue weighted by atomic mass is 9.93. The maximum Gasteiger partial charge on any atom is 0.240 e. The minimum absolute atomic E-state index is 0.0189. The number of benzene rings is 1. The van der Waals surface area contributed by atoms with E-state index in [1.54, 1.807) is 22.8 Å². The van der Waals surface area contributed by atoms with Crippen LogP contribution in [0.4, 0.5) is 11.5 Å². The Bertz CT molecular complexity index is 1430. The number of aromatic nitrogens is 3. The van der Waals surface area contributed by atoms with Crippen LogP contribution in [0.25, 0.3) is 11.1 Å². The van der Waals surface area contributed by atoms with Crippen molar-refractivity contribution >= 4 is 17.4 Å². The highest BCUT2D eigenvalue weighted by atomic mass is 16.5. The fraction of sp³-hybridized carbons (Fsp3) is 0.308. The minimum Gasteiger partial charge on any atom is -0.482 e. The van der Waals surface area contributed by atoms with Gasteiger partial charge in [-0.15, -0.1) is 0 Å². The molecule has 1 atom stereocenters. The van der Waals surface area contributed by atoms with Crippen LogP contribution in [0.15, 0.2) is 42.2 Å². The van der Waals surface area contributed by atoms with E-state index < -0.39 is 11.5 Å².